The van der Waals surface area contributed by atoms with Crippen LogP contribution in [0.2, 0.25) is 0 Å². The second-order valence-corrected chi connectivity index (χ2v) is 10.2. The van der Waals surface area contributed by atoms with E-state index >= 15 is 0 Å². The maximum absolute atomic E-state index is 13.8. The molecule has 3 fully saturated rings. The van der Waals surface area contributed by atoms with Crippen molar-refractivity contribution in [1.82, 2.24) is 0 Å². The first kappa shape index (κ1) is 20.5. The Morgan fingerprint density at radius 3 is 2.41 bits per heavy atom. The van der Waals surface area contributed by atoms with Gasteiger partial charge in [0.05, 0.1) is 12.5 Å². The minimum atomic E-state index is -2.05. The molecule has 7 nitrogen and oxygen atoms in total. The summed E-state index contributed by atoms with van der Waals surface area (Å²) in [5.41, 5.74) is -4.90. The molecule has 5 rings (SSSR count). The highest BCUT2D eigenvalue weighted by Crippen LogP contribution is 2.73. The first-order chi connectivity index (χ1) is 13.4. The molecule has 160 valence electrons. The number of hydrogen-bond acceptors (Lipinski definition) is 7. The largest absolute Gasteiger partial charge is 0.466 e. The van der Waals surface area contributed by atoms with Crippen molar-refractivity contribution >= 4 is 17.7 Å². The van der Waals surface area contributed by atoms with Crippen molar-refractivity contribution in [2.75, 3.05) is 7.11 Å². The molecular weight excluding hydrogens is 376 g/mol. The molecule has 0 N–H and O–H groups in total. The van der Waals surface area contributed by atoms with Gasteiger partial charge in [0.2, 0.25) is 0 Å². The van der Waals surface area contributed by atoms with Gasteiger partial charge in [-0.1, -0.05) is 27.2 Å². The number of Topliss-reactive ketones (excluding diaryl/α,β-unsaturated/α-hetero) is 1. The Morgan fingerprint density at radius 1 is 1.10 bits per heavy atom. The summed E-state index contributed by atoms with van der Waals surface area (Å²) in [6.07, 6.45) is 5.50. The van der Waals surface area contributed by atoms with Crippen LogP contribution in [0, 0.1) is 22.2 Å². The molecule has 0 aromatic carbocycles. The smallest absolute Gasteiger partial charge is 0.353 e. The first-order valence-corrected chi connectivity index (χ1v) is 10.3. The molecule has 1 spiro atoms. The van der Waals surface area contributed by atoms with Gasteiger partial charge in [0, 0.05) is 18.4 Å². The van der Waals surface area contributed by atoms with Crippen LogP contribution in [-0.4, -0.2) is 36.0 Å². The zero-order valence-electron chi connectivity index (χ0n) is 18.0. The minimum Gasteiger partial charge on any atom is -0.466 e. The SMILES string of the molecule is COC(=O)C12C=C(OC(C)=O)C3(OO1)C(C)(CCC1C(C)(C)CCCC13C)C2=O. The molecule has 0 radical (unpaired) electrons. The summed E-state index contributed by atoms with van der Waals surface area (Å²) in [4.78, 5) is 50.1. The van der Waals surface area contributed by atoms with E-state index in [2.05, 4.69) is 20.8 Å². The molecule has 29 heavy (non-hydrogen) atoms. The number of esters is 2. The lowest BCUT2D eigenvalue weighted by Gasteiger charge is -2.70. The van der Waals surface area contributed by atoms with Crippen molar-refractivity contribution < 1.29 is 33.6 Å². The van der Waals surface area contributed by atoms with E-state index < -0.39 is 34.0 Å². The van der Waals surface area contributed by atoms with Crippen LogP contribution in [0.4, 0.5) is 0 Å². The second-order valence-electron chi connectivity index (χ2n) is 10.2. The molecule has 5 unspecified atom stereocenters. The fourth-order valence-electron chi connectivity index (χ4n) is 7.09. The van der Waals surface area contributed by atoms with Crippen LogP contribution < -0.4 is 0 Å². The average Bonchev–Trinajstić information content (AvgIpc) is 2.63. The Balaban J connectivity index is 2.00. The summed E-state index contributed by atoms with van der Waals surface area (Å²) >= 11 is 0. The second kappa shape index (κ2) is 5.91. The van der Waals surface area contributed by atoms with Crippen molar-refractivity contribution in [2.45, 2.75) is 77.9 Å². The molecule has 3 aliphatic carbocycles. The highest BCUT2D eigenvalue weighted by Gasteiger charge is 2.82. The van der Waals surface area contributed by atoms with Crippen LogP contribution >= 0.6 is 0 Å². The Kier molecular flexibility index (Phi) is 4.19. The van der Waals surface area contributed by atoms with E-state index in [4.69, 9.17) is 19.2 Å². The summed E-state index contributed by atoms with van der Waals surface area (Å²) < 4.78 is 10.5. The number of fused-ring (bicyclic) bond motifs is 2. The van der Waals surface area contributed by atoms with Gasteiger partial charge in [-0.3, -0.25) is 9.59 Å². The van der Waals surface area contributed by atoms with Crippen molar-refractivity contribution in [3.05, 3.63) is 11.8 Å². The van der Waals surface area contributed by atoms with Crippen LogP contribution in [-0.2, 0) is 33.6 Å². The first-order valence-electron chi connectivity index (χ1n) is 10.3. The molecule has 5 aliphatic rings. The third-order valence-corrected chi connectivity index (χ3v) is 8.30. The summed E-state index contributed by atoms with van der Waals surface area (Å²) in [5, 5.41) is 0. The number of ketones is 1. The molecule has 2 heterocycles. The molecule has 7 heteroatoms. The van der Waals surface area contributed by atoms with Crippen LogP contribution in [0.5, 0.6) is 0 Å². The molecule has 2 bridgehead atoms. The maximum atomic E-state index is 13.8. The Bertz CT molecular complexity index is 829. The number of carbonyl (C=O) groups is 3. The van der Waals surface area contributed by atoms with E-state index in [1.807, 2.05) is 6.92 Å². The summed E-state index contributed by atoms with van der Waals surface area (Å²) in [5.74, 6) is -1.36. The van der Waals surface area contributed by atoms with Crippen molar-refractivity contribution in [3.8, 4) is 0 Å². The zero-order valence-corrected chi connectivity index (χ0v) is 18.0. The zero-order chi connectivity index (χ0) is 21.5. The molecule has 1 saturated heterocycles. The maximum Gasteiger partial charge on any atom is 0.353 e. The predicted molar refractivity (Wildman–Crippen MR) is 101 cm³/mol. The number of methoxy groups -OCH3 is 1. The van der Waals surface area contributed by atoms with Gasteiger partial charge in [-0.2, -0.15) is 0 Å². The fourth-order valence-corrected chi connectivity index (χ4v) is 7.09. The molecule has 0 aromatic rings. The summed E-state index contributed by atoms with van der Waals surface area (Å²) in [6.45, 7) is 9.72. The highest BCUT2D eigenvalue weighted by molar-refractivity contribution is 6.14. The van der Waals surface area contributed by atoms with Crippen molar-refractivity contribution in [2.24, 2.45) is 22.2 Å². The van der Waals surface area contributed by atoms with E-state index in [1.54, 1.807) is 0 Å². The van der Waals surface area contributed by atoms with Crippen LogP contribution in [0.25, 0.3) is 0 Å². The summed E-state index contributed by atoms with van der Waals surface area (Å²) in [7, 11) is 1.19. The molecule has 2 saturated carbocycles. The average molecular weight is 406 g/mol. The topological polar surface area (TPSA) is 88.1 Å². The van der Waals surface area contributed by atoms with E-state index in [0.717, 1.165) is 25.7 Å². The molecular formula is C22H30O7. The van der Waals surface area contributed by atoms with E-state index in [9.17, 15) is 14.4 Å². The molecule has 0 amide bonds. The number of carbonyl (C=O) groups excluding carboxylic acids is 3. The van der Waals surface area contributed by atoms with Gasteiger partial charge in [-0.25, -0.2) is 14.6 Å². The van der Waals surface area contributed by atoms with Gasteiger partial charge in [-0.05, 0) is 43.9 Å². The molecule has 5 atom stereocenters. The number of rotatable bonds is 2. The van der Waals surface area contributed by atoms with Gasteiger partial charge in [0.1, 0.15) is 5.76 Å². The predicted octanol–water partition coefficient (Wildman–Crippen LogP) is 3.26. The van der Waals surface area contributed by atoms with Gasteiger partial charge in [0.25, 0.3) is 5.60 Å². The quantitative estimate of drug-likeness (QED) is 0.395. The van der Waals surface area contributed by atoms with Gasteiger partial charge in [-0.15, -0.1) is 0 Å². The van der Waals surface area contributed by atoms with Crippen molar-refractivity contribution in [1.29, 1.82) is 0 Å². The Morgan fingerprint density at radius 2 is 1.79 bits per heavy atom. The van der Waals surface area contributed by atoms with Gasteiger partial charge in [0.15, 0.2) is 11.4 Å². The van der Waals surface area contributed by atoms with Crippen LogP contribution in [0.3, 0.4) is 0 Å². The molecule has 2 aliphatic heterocycles. The van der Waals surface area contributed by atoms with E-state index in [1.165, 1.54) is 20.1 Å². The fraction of sp³-hybridized carbons (Fsp3) is 0.773. The third kappa shape index (κ3) is 2.18. The lowest BCUT2D eigenvalue weighted by Crippen LogP contribution is -2.79. The Hall–Kier alpha value is -1.73. The monoisotopic (exact) mass is 406 g/mol. The Labute approximate surface area is 171 Å². The van der Waals surface area contributed by atoms with Crippen LogP contribution in [0.1, 0.15) is 66.7 Å². The number of hydrogen-bond donors (Lipinski definition) is 0. The van der Waals surface area contributed by atoms with E-state index in [-0.39, 0.29) is 22.9 Å². The highest BCUT2D eigenvalue weighted by atomic mass is 17.2. The lowest BCUT2D eigenvalue weighted by molar-refractivity contribution is -0.466. The standard InChI is InChI=1S/C22H30O7/c1-13(23)27-15-12-21(17(25)26-6)16(24)20(5)11-8-14-18(2,3)9-7-10-19(14,4)22(15,20)29-28-21/h12,14H,7-11H2,1-6H3. The van der Waals surface area contributed by atoms with Crippen molar-refractivity contribution in [3.63, 3.8) is 0 Å². The van der Waals surface area contributed by atoms with E-state index in [0.29, 0.717) is 6.42 Å². The molecule has 0 aromatic heterocycles. The lowest BCUT2D eigenvalue weighted by atomic mass is 9.38. The normalized spacial score (nSPS) is 45.0. The van der Waals surface area contributed by atoms with Gasteiger partial charge < -0.3 is 9.47 Å². The van der Waals surface area contributed by atoms with Crippen LogP contribution in [0.15, 0.2) is 11.8 Å². The summed E-state index contributed by atoms with van der Waals surface area (Å²) in [6, 6.07) is 0. The number of ether oxygens (including phenoxy) is 2. The third-order valence-electron chi connectivity index (χ3n) is 8.30. The van der Waals surface area contributed by atoms with Gasteiger partial charge >= 0.3 is 11.9 Å². The minimum absolute atomic E-state index is 0.0329.